The van der Waals surface area contributed by atoms with Gasteiger partial charge in [-0.05, 0) is 32.8 Å². The number of carbonyl (C=O) groups excluding carboxylic acids is 2. The number of hydrogen-bond acceptors (Lipinski definition) is 4. The molecule has 0 radical (unpaired) electrons. The largest absolute Gasteiger partial charge is 0.444 e. The summed E-state index contributed by atoms with van der Waals surface area (Å²) in [5, 5.41) is 7.24. The molecule has 6 nitrogen and oxygen atoms in total. The number of rotatable bonds is 4. The average Bonchev–Trinajstić information content (AvgIpc) is 3.20. The maximum absolute atomic E-state index is 12.1. The van der Waals surface area contributed by atoms with Gasteiger partial charge in [-0.3, -0.25) is 14.8 Å². The number of hydrogen-bond donors (Lipinski definition) is 1. The van der Waals surface area contributed by atoms with Gasteiger partial charge in [-0.15, -0.1) is 0 Å². The molecule has 0 spiro atoms. The SMILES string of the molecule is CC(C)(C)n1nc(NC(=O)OCc2ccccc2)cc1C1CCC(=O)C1. The van der Waals surface area contributed by atoms with Crippen molar-refractivity contribution in [1.82, 2.24) is 9.78 Å². The Hall–Kier alpha value is -2.63. The molecule has 1 unspecified atom stereocenters. The maximum atomic E-state index is 12.1. The Balaban J connectivity index is 1.70. The minimum absolute atomic E-state index is 0.158. The molecule has 138 valence electrons. The Morgan fingerprint density at radius 1 is 1.31 bits per heavy atom. The lowest BCUT2D eigenvalue weighted by molar-refractivity contribution is -0.117. The fourth-order valence-electron chi connectivity index (χ4n) is 3.22. The van der Waals surface area contributed by atoms with Crippen LogP contribution < -0.4 is 5.32 Å². The van der Waals surface area contributed by atoms with Crippen molar-refractivity contribution in [3.63, 3.8) is 0 Å². The molecule has 3 rings (SSSR count). The zero-order valence-corrected chi connectivity index (χ0v) is 15.5. The van der Waals surface area contributed by atoms with Gasteiger partial charge in [0.2, 0.25) is 0 Å². The molecule has 1 saturated carbocycles. The fourth-order valence-corrected chi connectivity index (χ4v) is 3.22. The third-order valence-corrected chi connectivity index (χ3v) is 4.48. The van der Waals surface area contributed by atoms with Crippen molar-refractivity contribution >= 4 is 17.7 Å². The lowest BCUT2D eigenvalue weighted by Gasteiger charge is -2.24. The van der Waals surface area contributed by atoms with E-state index >= 15 is 0 Å². The smallest absolute Gasteiger partial charge is 0.413 e. The highest BCUT2D eigenvalue weighted by molar-refractivity contribution is 5.84. The number of amides is 1. The van der Waals surface area contributed by atoms with Crippen LogP contribution in [0.15, 0.2) is 36.4 Å². The number of aromatic nitrogens is 2. The summed E-state index contributed by atoms with van der Waals surface area (Å²) in [7, 11) is 0. The highest BCUT2D eigenvalue weighted by Crippen LogP contribution is 2.35. The minimum Gasteiger partial charge on any atom is -0.444 e. The number of nitrogens with one attached hydrogen (secondary N) is 1. The molecule has 1 N–H and O–H groups in total. The van der Waals surface area contributed by atoms with Crippen LogP contribution in [0.25, 0.3) is 0 Å². The molecule has 2 aromatic rings. The summed E-state index contributed by atoms with van der Waals surface area (Å²) >= 11 is 0. The van der Waals surface area contributed by atoms with Crippen LogP contribution in [0.1, 0.15) is 57.2 Å². The van der Waals surface area contributed by atoms with Crippen LogP contribution in [0.3, 0.4) is 0 Å². The molecule has 1 aromatic carbocycles. The van der Waals surface area contributed by atoms with Crippen LogP contribution in [0, 0.1) is 0 Å². The van der Waals surface area contributed by atoms with E-state index in [1.165, 1.54) is 0 Å². The number of carbonyl (C=O) groups is 2. The van der Waals surface area contributed by atoms with Gasteiger partial charge in [0.25, 0.3) is 0 Å². The summed E-state index contributed by atoms with van der Waals surface area (Å²) in [5.41, 5.74) is 1.67. The first-order valence-corrected chi connectivity index (χ1v) is 8.93. The quantitative estimate of drug-likeness (QED) is 0.891. The van der Waals surface area contributed by atoms with Crippen molar-refractivity contribution in [1.29, 1.82) is 0 Å². The number of Topliss-reactive ketones (excluding diaryl/α,β-unsaturated/α-hetero) is 1. The van der Waals surface area contributed by atoms with E-state index in [1.807, 2.05) is 41.1 Å². The van der Waals surface area contributed by atoms with E-state index < -0.39 is 6.09 Å². The Kier molecular flexibility index (Phi) is 5.11. The van der Waals surface area contributed by atoms with E-state index in [1.54, 1.807) is 0 Å². The molecule has 1 aromatic heterocycles. The summed E-state index contributed by atoms with van der Waals surface area (Å²) in [6.07, 6.45) is 1.45. The Labute approximate surface area is 153 Å². The first-order valence-electron chi connectivity index (χ1n) is 8.93. The zero-order chi connectivity index (χ0) is 18.7. The van der Waals surface area contributed by atoms with Gasteiger partial charge in [-0.1, -0.05) is 30.3 Å². The lowest BCUT2D eigenvalue weighted by Crippen LogP contribution is -2.26. The third kappa shape index (κ3) is 4.31. The minimum atomic E-state index is -0.540. The molecule has 1 aliphatic rings. The molecule has 1 aliphatic carbocycles. The third-order valence-electron chi connectivity index (χ3n) is 4.48. The predicted molar refractivity (Wildman–Crippen MR) is 99.1 cm³/mol. The number of nitrogens with zero attached hydrogens (tertiary/aromatic N) is 2. The maximum Gasteiger partial charge on any atom is 0.413 e. The first-order chi connectivity index (χ1) is 12.3. The predicted octanol–water partition coefficient (Wildman–Crippen LogP) is 4.22. The Bertz CT molecular complexity index is 790. The summed E-state index contributed by atoms with van der Waals surface area (Å²) < 4.78 is 7.16. The van der Waals surface area contributed by atoms with Crippen molar-refractivity contribution < 1.29 is 14.3 Å². The highest BCUT2D eigenvalue weighted by atomic mass is 16.5. The van der Waals surface area contributed by atoms with E-state index in [2.05, 4.69) is 31.2 Å². The molecule has 26 heavy (non-hydrogen) atoms. The molecule has 1 amide bonds. The first kappa shape index (κ1) is 18.2. The van der Waals surface area contributed by atoms with Crippen molar-refractivity contribution in [2.75, 3.05) is 5.32 Å². The molecule has 6 heteroatoms. The van der Waals surface area contributed by atoms with Gasteiger partial charge in [0.15, 0.2) is 5.82 Å². The van der Waals surface area contributed by atoms with Crippen molar-refractivity contribution in [3.8, 4) is 0 Å². The monoisotopic (exact) mass is 355 g/mol. The average molecular weight is 355 g/mol. The van der Waals surface area contributed by atoms with Crippen molar-refractivity contribution in [2.45, 2.75) is 58.1 Å². The lowest BCUT2D eigenvalue weighted by atomic mass is 10.0. The van der Waals surface area contributed by atoms with Gasteiger partial charge >= 0.3 is 6.09 Å². The van der Waals surface area contributed by atoms with E-state index in [0.717, 1.165) is 17.7 Å². The van der Waals surface area contributed by atoms with Gasteiger partial charge in [0.05, 0.1) is 5.54 Å². The van der Waals surface area contributed by atoms with Crippen LogP contribution in [-0.4, -0.2) is 21.7 Å². The van der Waals surface area contributed by atoms with Gasteiger partial charge in [-0.25, -0.2) is 4.79 Å². The molecular formula is C20H25N3O3. The van der Waals surface area contributed by atoms with E-state index in [0.29, 0.717) is 18.7 Å². The number of benzene rings is 1. The topological polar surface area (TPSA) is 73.2 Å². The number of ether oxygens (including phenoxy) is 1. The number of anilines is 1. The summed E-state index contributed by atoms with van der Waals surface area (Å²) in [4.78, 5) is 23.8. The molecule has 1 fully saturated rings. The molecule has 0 aliphatic heterocycles. The van der Waals surface area contributed by atoms with Crippen molar-refractivity contribution in [3.05, 3.63) is 47.7 Å². The van der Waals surface area contributed by atoms with E-state index in [4.69, 9.17) is 4.74 Å². The summed E-state index contributed by atoms with van der Waals surface area (Å²) in [5.74, 6) is 0.894. The summed E-state index contributed by atoms with van der Waals surface area (Å²) in [6, 6.07) is 11.4. The second-order valence-electron chi connectivity index (χ2n) is 7.70. The van der Waals surface area contributed by atoms with Gasteiger partial charge in [-0.2, -0.15) is 5.10 Å². The van der Waals surface area contributed by atoms with Crippen LogP contribution in [-0.2, 0) is 21.7 Å². The number of ketones is 1. The zero-order valence-electron chi connectivity index (χ0n) is 15.5. The van der Waals surface area contributed by atoms with Gasteiger partial charge in [0, 0.05) is 30.5 Å². The van der Waals surface area contributed by atoms with E-state index in [-0.39, 0.29) is 23.8 Å². The fraction of sp³-hybridized carbons (Fsp3) is 0.450. The molecule has 0 saturated heterocycles. The molecule has 1 heterocycles. The Morgan fingerprint density at radius 2 is 2.04 bits per heavy atom. The molecule has 1 atom stereocenters. The molecular weight excluding hydrogens is 330 g/mol. The van der Waals surface area contributed by atoms with Crippen LogP contribution in [0.5, 0.6) is 0 Å². The normalized spacial score (nSPS) is 17.3. The van der Waals surface area contributed by atoms with Crippen LogP contribution in [0.2, 0.25) is 0 Å². The van der Waals surface area contributed by atoms with Gasteiger partial charge < -0.3 is 4.74 Å². The van der Waals surface area contributed by atoms with E-state index in [9.17, 15) is 9.59 Å². The Morgan fingerprint density at radius 3 is 2.65 bits per heavy atom. The van der Waals surface area contributed by atoms with Gasteiger partial charge in [0.1, 0.15) is 12.4 Å². The van der Waals surface area contributed by atoms with Crippen LogP contribution >= 0.6 is 0 Å². The van der Waals surface area contributed by atoms with Crippen molar-refractivity contribution in [2.24, 2.45) is 0 Å². The molecule has 0 bridgehead atoms. The summed E-state index contributed by atoms with van der Waals surface area (Å²) in [6.45, 7) is 6.37. The second-order valence-corrected chi connectivity index (χ2v) is 7.70. The standard InChI is InChI=1S/C20H25N3O3/c1-20(2,3)23-17(15-9-10-16(24)11-15)12-18(22-23)21-19(25)26-13-14-7-5-4-6-8-14/h4-8,12,15H,9-11,13H2,1-3H3,(H,21,22,25). The van der Waals surface area contributed by atoms with Crippen LogP contribution in [0.4, 0.5) is 10.6 Å². The second kappa shape index (κ2) is 7.32. The highest BCUT2D eigenvalue weighted by Gasteiger charge is 2.30.